The fraction of sp³-hybridized carbons (Fsp3) is 0.611. The number of nitrogens with one attached hydrogen (secondary N) is 1. The van der Waals surface area contributed by atoms with Crippen LogP contribution in [0.3, 0.4) is 0 Å². The number of rotatable bonds is 9. The van der Waals surface area contributed by atoms with Crippen molar-refractivity contribution in [2.75, 3.05) is 46.4 Å². The first-order chi connectivity index (χ1) is 11.6. The van der Waals surface area contributed by atoms with Crippen LogP contribution in [0.1, 0.15) is 24.5 Å². The second-order valence-corrected chi connectivity index (χ2v) is 6.56. The summed E-state index contributed by atoms with van der Waals surface area (Å²) in [5.41, 5.74) is 2.38. The van der Waals surface area contributed by atoms with Crippen molar-refractivity contribution >= 4 is 17.7 Å². The zero-order valence-corrected chi connectivity index (χ0v) is 16.6. The maximum absolute atomic E-state index is 5.42. The summed E-state index contributed by atoms with van der Waals surface area (Å²) < 4.78 is 10.8. The molecule has 0 amide bonds. The minimum absolute atomic E-state index is 0.758. The van der Waals surface area contributed by atoms with Crippen LogP contribution in [0.4, 0.5) is 0 Å². The molecule has 5 nitrogen and oxygen atoms in total. The zero-order valence-electron chi connectivity index (χ0n) is 15.8. The molecule has 1 rings (SSSR count). The maximum atomic E-state index is 5.42. The third-order valence-corrected chi connectivity index (χ3v) is 4.41. The molecule has 0 saturated carbocycles. The van der Waals surface area contributed by atoms with E-state index in [2.05, 4.69) is 37.4 Å². The van der Waals surface area contributed by atoms with Crippen molar-refractivity contribution in [3.8, 4) is 11.5 Å². The quantitative estimate of drug-likeness (QED) is 0.420. The first-order valence-electron chi connectivity index (χ1n) is 8.27. The molecule has 24 heavy (non-hydrogen) atoms. The van der Waals surface area contributed by atoms with E-state index in [9.17, 15) is 0 Å². The summed E-state index contributed by atoms with van der Waals surface area (Å²) in [6.07, 6.45) is 3.22. The Morgan fingerprint density at radius 3 is 2.50 bits per heavy atom. The molecular weight excluding hydrogens is 322 g/mol. The van der Waals surface area contributed by atoms with Gasteiger partial charge in [-0.1, -0.05) is 0 Å². The van der Waals surface area contributed by atoms with Crippen molar-refractivity contribution in [3.05, 3.63) is 23.3 Å². The molecule has 0 aliphatic heterocycles. The van der Waals surface area contributed by atoms with Gasteiger partial charge in [0.05, 0.1) is 14.2 Å². The summed E-state index contributed by atoms with van der Waals surface area (Å²) in [7, 11) is 5.39. The number of nitrogens with zero attached hydrogens (tertiary/aromatic N) is 2. The van der Waals surface area contributed by atoms with Gasteiger partial charge in [-0.25, -0.2) is 0 Å². The van der Waals surface area contributed by atoms with Gasteiger partial charge in [0.2, 0.25) is 0 Å². The lowest BCUT2D eigenvalue weighted by Crippen LogP contribution is -2.38. The molecule has 0 heterocycles. The van der Waals surface area contributed by atoms with Crippen LogP contribution in [0.25, 0.3) is 0 Å². The van der Waals surface area contributed by atoms with Crippen LogP contribution < -0.4 is 14.8 Å². The van der Waals surface area contributed by atoms with Crippen LogP contribution in [0.15, 0.2) is 17.1 Å². The number of aryl methyl sites for hydroxylation is 1. The van der Waals surface area contributed by atoms with E-state index in [1.54, 1.807) is 14.2 Å². The molecule has 0 bridgehead atoms. The smallest absolute Gasteiger partial charge is 0.193 e. The molecule has 0 aliphatic carbocycles. The number of hydrogen-bond acceptors (Lipinski definition) is 4. The number of guanidine groups is 1. The highest BCUT2D eigenvalue weighted by Gasteiger charge is 2.12. The Bertz CT molecular complexity index is 535. The molecule has 0 saturated heterocycles. The molecule has 0 fully saturated rings. The van der Waals surface area contributed by atoms with Crippen molar-refractivity contribution in [1.82, 2.24) is 10.2 Å². The molecule has 0 spiro atoms. The Balaban J connectivity index is 2.87. The highest BCUT2D eigenvalue weighted by molar-refractivity contribution is 7.98. The number of aliphatic imine (C=N–C) groups is 1. The second kappa shape index (κ2) is 11.1. The van der Waals surface area contributed by atoms with E-state index in [-0.39, 0.29) is 0 Å². The Kier molecular flexibility index (Phi) is 9.45. The van der Waals surface area contributed by atoms with Crippen molar-refractivity contribution in [3.63, 3.8) is 0 Å². The molecule has 136 valence electrons. The van der Waals surface area contributed by atoms with Gasteiger partial charge >= 0.3 is 0 Å². The topological polar surface area (TPSA) is 46.1 Å². The van der Waals surface area contributed by atoms with Gasteiger partial charge in [0.25, 0.3) is 0 Å². The van der Waals surface area contributed by atoms with E-state index in [0.29, 0.717) is 0 Å². The first kappa shape index (κ1) is 20.5. The van der Waals surface area contributed by atoms with Crippen LogP contribution >= 0.6 is 11.8 Å². The van der Waals surface area contributed by atoms with Crippen molar-refractivity contribution in [2.45, 2.75) is 26.8 Å². The fourth-order valence-electron chi connectivity index (χ4n) is 2.39. The van der Waals surface area contributed by atoms with Crippen LogP contribution in [0, 0.1) is 6.92 Å². The molecule has 0 aromatic heterocycles. The van der Waals surface area contributed by atoms with Crippen LogP contribution in [-0.2, 0) is 6.54 Å². The molecule has 6 heteroatoms. The second-order valence-electron chi connectivity index (χ2n) is 5.57. The van der Waals surface area contributed by atoms with E-state index in [1.165, 1.54) is 11.1 Å². The standard InChI is InChI=1S/C18H31N3O2S/c1-7-19-18(20-9-8-10-24-6)21(3)13-15-12-17(23-5)16(22-4)11-14(15)2/h11-12H,7-10,13H2,1-6H3,(H,19,20). The Morgan fingerprint density at radius 2 is 1.92 bits per heavy atom. The summed E-state index contributed by atoms with van der Waals surface area (Å²) in [5, 5.41) is 3.36. The average Bonchev–Trinajstić information content (AvgIpc) is 2.58. The van der Waals surface area contributed by atoms with Gasteiger partial charge in [-0.2, -0.15) is 11.8 Å². The molecular formula is C18H31N3O2S. The highest BCUT2D eigenvalue weighted by Crippen LogP contribution is 2.30. The molecule has 1 aromatic rings. The van der Waals surface area contributed by atoms with Crippen LogP contribution in [-0.4, -0.2) is 57.2 Å². The molecule has 1 aromatic carbocycles. The predicted octanol–water partition coefficient (Wildman–Crippen LogP) is 3.16. The third-order valence-electron chi connectivity index (χ3n) is 3.71. The van der Waals surface area contributed by atoms with E-state index >= 15 is 0 Å². The molecule has 0 radical (unpaired) electrons. The number of ether oxygens (including phenoxy) is 2. The monoisotopic (exact) mass is 353 g/mol. The third kappa shape index (κ3) is 6.15. The average molecular weight is 354 g/mol. The molecule has 0 atom stereocenters. The van der Waals surface area contributed by atoms with Gasteiger partial charge in [0.15, 0.2) is 17.5 Å². The van der Waals surface area contributed by atoms with Crippen molar-refractivity contribution in [1.29, 1.82) is 0 Å². The lowest BCUT2D eigenvalue weighted by atomic mass is 10.1. The van der Waals surface area contributed by atoms with Crippen LogP contribution in [0.2, 0.25) is 0 Å². The largest absolute Gasteiger partial charge is 0.493 e. The summed E-state index contributed by atoms with van der Waals surface area (Å²) >= 11 is 1.86. The van der Waals surface area contributed by atoms with Gasteiger partial charge < -0.3 is 19.7 Å². The predicted molar refractivity (Wildman–Crippen MR) is 105 cm³/mol. The molecule has 1 N–H and O–H groups in total. The summed E-state index contributed by atoms with van der Waals surface area (Å²) in [5.74, 6) is 3.60. The molecule has 0 aliphatic rings. The summed E-state index contributed by atoms with van der Waals surface area (Å²) in [6, 6.07) is 4.06. The van der Waals surface area contributed by atoms with Gasteiger partial charge in [-0.3, -0.25) is 4.99 Å². The minimum atomic E-state index is 0.758. The van der Waals surface area contributed by atoms with E-state index in [1.807, 2.05) is 23.9 Å². The number of methoxy groups -OCH3 is 2. The lowest BCUT2D eigenvalue weighted by Gasteiger charge is -2.23. The number of hydrogen-bond donors (Lipinski definition) is 1. The minimum Gasteiger partial charge on any atom is -0.493 e. The Hall–Kier alpha value is -1.56. The lowest BCUT2D eigenvalue weighted by molar-refractivity contribution is 0.353. The Morgan fingerprint density at radius 1 is 1.25 bits per heavy atom. The van der Waals surface area contributed by atoms with Crippen molar-refractivity contribution < 1.29 is 9.47 Å². The van der Waals surface area contributed by atoms with E-state index in [0.717, 1.165) is 49.3 Å². The zero-order chi connectivity index (χ0) is 17.9. The van der Waals surface area contributed by atoms with Gasteiger partial charge in [-0.15, -0.1) is 0 Å². The van der Waals surface area contributed by atoms with E-state index < -0.39 is 0 Å². The fourth-order valence-corrected chi connectivity index (χ4v) is 2.80. The Labute approximate surface area is 150 Å². The van der Waals surface area contributed by atoms with Crippen molar-refractivity contribution in [2.24, 2.45) is 4.99 Å². The first-order valence-corrected chi connectivity index (χ1v) is 9.66. The normalized spacial score (nSPS) is 11.3. The van der Waals surface area contributed by atoms with E-state index in [4.69, 9.17) is 14.5 Å². The maximum Gasteiger partial charge on any atom is 0.193 e. The SMILES string of the molecule is CCNC(=NCCCSC)N(C)Cc1cc(OC)c(OC)cc1C. The summed E-state index contributed by atoms with van der Waals surface area (Å²) in [6.45, 7) is 6.65. The summed E-state index contributed by atoms with van der Waals surface area (Å²) in [4.78, 5) is 6.86. The highest BCUT2D eigenvalue weighted by atomic mass is 32.2. The molecule has 0 unspecified atom stereocenters. The number of benzene rings is 1. The van der Waals surface area contributed by atoms with Gasteiger partial charge in [-0.05, 0) is 55.5 Å². The van der Waals surface area contributed by atoms with Crippen LogP contribution in [0.5, 0.6) is 11.5 Å². The van der Waals surface area contributed by atoms with Gasteiger partial charge in [0.1, 0.15) is 0 Å². The number of thioether (sulfide) groups is 1. The van der Waals surface area contributed by atoms with Gasteiger partial charge in [0, 0.05) is 26.7 Å².